The molecule has 0 spiro atoms. The number of para-hydroxylation sites is 1. The first-order valence-corrected chi connectivity index (χ1v) is 7.75. The van der Waals surface area contributed by atoms with Gasteiger partial charge in [-0.2, -0.15) is 0 Å². The topological polar surface area (TPSA) is 69.9 Å². The summed E-state index contributed by atoms with van der Waals surface area (Å²) in [7, 11) is 0. The number of piperazine rings is 1. The summed E-state index contributed by atoms with van der Waals surface area (Å²) in [5.41, 5.74) is 7.52. The number of nitrogens with zero attached hydrogens (tertiary/aromatic N) is 3. The van der Waals surface area contributed by atoms with E-state index in [0.717, 1.165) is 44.8 Å². The first-order valence-electron chi connectivity index (χ1n) is 7.75. The Morgan fingerprint density at radius 1 is 0.955 bits per heavy atom. The molecule has 2 N–H and O–H groups in total. The molecule has 0 bridgehead atoms. The number of nitrogens with two attached hydrogens (primary N) is 1. The summed E-state index contributed by atoms with van der Waals surface area (Å²) in [5.74, 6) is -0.133. The van der Waals surface area contributed by atoms with E-state index < -0.39 is 0 Å². The fourth-order valence-corrected chi connectivity index (χ4v) is 3.20. The van der Waals surface area contributed by atoms with Crippen LogP contribution in [0.25, 0.3) is 0 Å². The molecule has 0 aliphatic carbocycles. The van der Waals surface area contributed by atoms with Crippen molar-refractivity contribution in [2.75, 3.05) is 50.7 Å². The zero-order chi connectivity index (χ0) is 15.5. The molecule has 0 unspecified atom stereocenters. The van der Waals surface area contributed by atoms with Crippen molar-refractivity contribution in [3.63, 3.8) is 0 Å². The molecule has 0 saturated carbocycles. The van der Waals surface area contributed by atoms with E-state index in [2.05, 4.69) is 11.0 Å². The third-order valence-electron chi connectivity index (χ3n) is 4.39. The summed E-state index contributed by atoms with van der Waals surface area (Å²) in [5, 5.41) is 0. The van der Waals surface area contributed by atoms with Crippen LogP contribution in [0, 0.1) is 0 Å². The van der Waals surface area contributed by atoms with Gasteiger partial charge in [0, 0.05) is 38.4 Å². The van der Waals surface area contributed by atoms with Crippen molar-refractivity contribution in [2.45, 2.75) is 6.42 Å². The zero-order valence-electron chi connectivity index (χ0n) is 12.7. The third kappa shape index (κ3) is 3.28. The highest BCUT2D eigenvalue weighted by molar-refractivity contribution is 5.96. The second kappa shape index (κ2) is 6.46. The summed E-state index contributed by atoms with van der Waals surface area (Å²) in [6, 6.07) is 8.11. The molecule has 2 aliphatic rings. The molecule has 1 saturated heterocycles. The van der Waals surface area contributed by atoms with Gasteiger partial charge in [0.15, 0.2) is 0 Å². The lowest BCUT2D eigenvalue weighted by Crippen LogP contribution is -2.51. The first kappa shape index (κ1) is 15.0. The fraction of sp³-hybridized carbons (Fsp3) is 0.500. The molecule has 2 amide bonds. The lowest BCUT2D eigenvalue weighted by molar-refractivity contribution is -0.122. The fourth-order valence-electron chi connectivity index (χ4n) is 3.20. The van der Waals surface area contributed by atoms with E-state index in [9.17, 15) is 9.59 Å². The van der Waals surface area contributed by atoms with E-state index in [1.54, 1.807) is 0 Å². The maximum Gasteiger partial charge on any atom is 0.241 e. The number of primary amides is 1. The Bertz CT molecular complexity index is 567. The number of carbonyl (C=O) groups excluding carboxylic acids is 2. The summed E-state index contributed by atoms with van der Waals surface area (Å²) in [6.45, 7) is 4.70. The van der Waals surface area contributed by atoms with Crippen LogP contribution in [0.2, 0.25) is 0 Å². The Morgan fingerprint density at radius 3 is 2.27 bits per heavy atom. The molecular weight excluding hydrogens is 280 g/mol. The van der Waals surface area contributed by atoms with E-state index >= 15 is 0 Å². The van der Waals surface area contributed by atoms with Gasteiger partial charge in [0.25, 0.3) is 0 Å². The van der Waals surface area contributed by atoms with Gasteiger partial charge in [-0.15, -0.1) is 0 Å². The van der Waals surface area contributed by atoms with Gasteiger partial charge in [-0.1, -0.05) is 18.2 Å². The molecule has 6 nitrogen and oxygen atoms in total. The Labute approximate surface area is 130 Å². The molecule has 2 aliphatic heterocycles. The van der Waals surface area contributed by atoms with Gasteiger partial charge in [-0.05, 0) is 18.1 Å². The predicted octanol–water partition coefficient (Wildman–Crippen LogP) is -0.321. The quantitative estimate of drug-likeness (QED) is 0.827. The first-order chi connectivity index (χ1) is 10.6. The van der Waals surface area contributed by atoms with Gasteiger partial charge in [0.2, 0.25) is 11.8 Å². The largest absolute Gasteiger partial charge is 0.369 e. The average molecular weight is 302 g/mol. The Hall–Kier alpha value is -1.92. The van der Waals surface area contributed by atoms with Crippen molar-refractivity contribution in [1.29, 1.82) is 0 Å². The van der Waals surface area contributed by atoms with E-state index in [4.69, 9.17) is 5.73 Å². The second-order valence-electron chi connectivity index (χ2n) is 5.94. The van der Waals surface area contributed by atoms with Crippen LogP contribution in [0.3, 0.4) is 0 Å². The Balaban J connectivity index is 1.53. The van der Waals surface area contributed by atoms with Crippen LogP contribution in [0.4, 0.5) is 5.69 Å². The van der Waals surface area contributed by atoms with Crippen molar-refractivity contribution in [3.05, 3.63) is 29.8 Å². The second-order valence-corrected chi connectivity index (χ2v) is 5.94. The van der Waals surface area contributed by atoms with Crippen LogP contribution in [0.1, 0.15) is 5.56 Å². The maximum atomic E-state index is 12.5. The highest BCUT2D eigenvalue weighted by atomic mass is 16.2. The molecule has 1 aromatic carbocycles. The van der Waals surface area contributed by atoms with Crippen molar-refractivity contribution < 1.29 is 9.59 Å². The van der Waals surface area contributed by atoms with Crippen molar-refractivity contribution in [1.82, 2.24) is 9.80 Å². The SMILES string of the molecule is NC(=O)CN1CCN(CC(=O)N2CCc3ccccc32)CC1. The third-order valence-corrected chi connectivity index (χ3v) is 4.39. The minimum absolute atomic E-state index is 0.160. The number of carbonyl (C=O) groups is 2. The smallest absolute Gasteiger partial charge is 0.241 e. The predicted molar refractivity (Wildman–Crippen MR) is 84.6 cm³/mol. The Kier molecular flexibility index (Phi) is 4.40. The molecule has 0 radical (unpaired) electrons. The van der Waals surface area contributed by atoms with Crippen LogP contribution < -0.4 is 10.6 Å². The van der Waals surface area contributed by atoms with E-state index in [0.29, 0.717) is 13.1 Å². The van der Waals surface area contributed by atoms with Crippen molar-refractivity contribution in [2.24, 2.45) is 5.73 Å². The van der Waals surface area contributed by atoms with Crippen LogP contribution >= 0.6 is 0 Å². The number of amides is 2. The van der Waals surface area contributed by atoms with Crippen molar-refractivity contribution in [3.8, 4) is 0 Å². The standard InChI is InChI=1S/C16H22N4O2/c17-15(21)11-18-7-9-19(10-8-18)12-16(22)20-6-5-13-3-1-2-4-14(13)20/h1-4H,5-12H2,(H2,17,21). The highest BCUT2D eigenvalue weighted by Gasteiger charge is 2.27. The lowest BCUT2D eigenvalue weighted by Gasteiger charge is -2.34. The molecule has 1 fully saturated rings. The highest BCUT2D eigenvalue weighted by Crippen LogP contribution is 2.27. The summed E-state index contributed by atoms with van der Waals surface area (Å²) >= 11 is 0. The summed E-state index contributed by atoms with van der Waals surface area (Å²) in [4.78, 5) is 29.5. The van der Waals surface area contributed by atoms with Gasteiger partial charge >= 0.3 is 0 Å². The van der Waals surface area contributed by atoms with Crippen LogP contribution in [-0.2, 0) is 16.0 Å². The van der Waals surface area contributed by atoms with Crippen LogP contribution in [0.15, 0.2) is 24.3 Å². The van der Waals surface area contributed by atoms with Crippen molar-refractivity contribution >= 4 is 17.5 Å². The summed E-state index contributed by atoms with van der Waals surface area (Å²) < 4.78 is 0. The molecular formula is C16H22N4O2. The zero-order valence-corrected chi connectivity index (χ0v) is 12.7. The maximum absolute atomic E-state index is 12.5. The lowest BCUT2D eigenvalue weighted by atomic mass is 10.2. The monoisotopic (exact) mass is 302 g/mol. The number of hydrogen-bond acceptors (Lipinski definition) is 4. The molecule has 0 atom stereocenters. The molecule has 0 aromatic heterocycles. The molecule has 2 heterocycles. The van der Waals surface area contributed by atoms with Gasteiger partial charge in [-0.25, -0.2) is 0 Å². The Morgan fingerprint density at radius 2 is 1.59 bits per heavy atom. The average Bonchev–Trinajstić information content (AvgIpc) is 2.93. The van der Waals surface area contributed by atoms with Gasteiger partial charge in [0.1, 0.15) is 0 Å². The van der Waals surface area contributed by atoms with E-state index in [1.807, 2.05) is 28.0 Å². The number of fused-ring (bicyclic) bond motifs is 1. The number of hydrogen-bond donors (Lipinski definition) is 1. The van der Waals surface area contributed by atoms with Crippen LogP contribution in [-0.4, -0.2) is 67.4 Å². The molecule has 1 aromatic rings. The minimum atomic E-state index is -0.293. The molecule has 6 heteroatoms. The molecule has 3 rings (SSSR count). The van der Waals surface area contributed by atoms with E-state index in [1.165, 1.54) is 5.56 Å². The molecule has 22 heavy (non-hydrogen) atoms. The van der Waals surface area contributed by atoms with E-state index in [-0.39, 0.29) is 11.8 Å². The summed E-state index contributed by atoms with van der Waals surface area (Å²) in [6.07, 6.45) is 0.939. The number of anilines is 1. The minimum Gasteiger partial charge on any atom is -0.369 e. The normalized spacial score (nSPS) is 19.2. The van der Waals surface area contributed by atoms with Crippen LogP contribution in [0.5, 0.6) is 0 Å². The van der Waals surface area contributed by atoms with Gasteiger partial charge in [-0.3, -0.25) is 19.4 Å². The van der Waals surface area contributed by atoms with Gasteiger partial charge in [0.05, 0.1) is 13.1 Å². The molecule has 118 valence electrons. The number of benzene rings is 1. The van der Waals surface area contributed by atoms with Gasteiger partial charge < -0.3 is 10.6 Å². The number of rotatable bonds is 4.